The molecule has 1 aliphatic carbocycles. The van der Waals surface area contributed by atoms with E-state index < -0.39 is 24.3 Å². The molecule has 1 aromatic carbocycles. The Morgan fingerprint density at radius 3 is 2.62 bits per heavy atom. The number of hydrogen-bond donors (Lipinski definition) is 3. The van der Waals surface area contributed by atoms with Gasteiger partial charge in [0, 0.05) is 11.6 Å². The van der Waals surface area contributed by atoms with Crippen molar-refractivity contribution >= 4 is 28.8 Å². The zero-order valence-electron chi connectivity index (χ0n) is 19.8. The molecule has 11 heteroatoms. The summed E-state index contributed by atoms with van der Waals surface area (Å²) < 4.78 is 48.4. The van der Waals surface area contributed by atoms with Crippen molar-refractivity contribution in [1.82, 2.24) is 9.97 Å². The van der Waals surface area contributed by atoms with Gasteiger partial charge in [-0.25, -0.2) is 4.98 Å². The number of carbonyl (C=O) groups is 1. The van der Waals surface area contributed by atoms with Gasteiger partial charge in [-0.2, -0.15) is 29.5 Å². The van der Waals surface area contributed by atoms with E-state index in [-0.39, 0.29) is 29.7 Å². The average Bonchev–Trinajstić information content (AvgIpc) is 3.27. The molecule has 0 bridgehead atoms. The number of carboxylic acids is 1. The van der Waals surface area contributed by atoms with E-state index in [1.165, 1.54) is 29.5 Å². The lowest BCUT2D eigenvalue weighted by Gasteiger charge is -2.24. The third-order valence-corrected chi connectivity index (χ3v) is 6.86. The smallest absolute Gasteiger partial charge is 0.429 e. The number of benzene rings is 1. The summed E-state index contributed by atoms with van der Waals surface area (Å²) in [6.45, 7) is 1.84. The van der Waals surface area contributed by atoms with Crippen LogP contribution < -0.4 is 16.2 Å². The Kier molecular flexibility index (Phi) is 7.65. The van der Waals surface area contributed by atoms with Gasteiger partial charge < -0.3 is 21.3 Å². The minimum absolute atomic E-state index is 0.0374. The first kappa shape index (κ1) is 26.4. The first-order chi connectivity index (χ1) is 17.5. The number of nitrogens with zero attached hydrogens (tertiary/aromatic N) is 2. The lowest BCUT2D eigenvalue weighted by atomic mass is 9.90. The first-order valence-corrected chi connectivity index (χ1v) is 12.3. The van der Waals surface area contributed by atoms with Crippen LogP contribution in [0.3, 0.4) is 0 Å². The molecular formula is C26H25F3N4O3S. The van der Waals surface area contributed by atoms with Gasteiger partial charge in [0.05, 0.1) is 5.69 Å². The molecule has 37 heavy (non-hydrogen) atoms. The normalized spacial score (nSPS) is 17.2. The molecule has 4 rings (SSSR count). The minimum atomic E-state index is -4.74. The highest BCUT2D eigenvalue weighted by Gasteiger charge is 2.44. The van der Waals surface area contributed by atoms with Crippen LogP contribution in [0.4, 0.5) is 19.1 Å². The summed E-state index contributed by atoms with van der Waals surface area (Å²) in [5, 5.41) is 12.7. The van der Waals surface area contributed by atoms with E-state index in [1.54, 1.807) is 35.7 Å². The number of anilines is 1. The van der Waals surface area contributed by atoms with Crippen molar-refractivity contribution in [3.05, 3.63) is 76.1 Å². The molecule has 0 spiro atoms. The van der Waals surface area contributed by atoms with Crippen molar-refractivity contribution in [2.75, 3.05) is 5.73 Å². The highest BCUT2D eigenvalue weighted by atomic mass is 32.1. The Morgan fingerprint density at radius 1 is 1.24 bits per heavy atom. The number of allylic oxidation sites excluding steroid dienone is 4. The number of aliphatic carboxylic acids is 1. The van der Waals surface area contributed by atoms with Crippen LogP contribution in [-0.2, 0) is 4.79 Å². The molecule has 1 aliphatic rings. The van der Waals surface area contributed by atoms with E-state index in [0.29, 0.717) is 28.8 Å². The minimum Gasteiger partial charge on any atom is -0.480 e. The second-order valence-corrected chi connectivity index (χ2v) is 9.48. The van der Waals surface area contributed by atoms with Gasteiger partial charge in [0.25, 0.3) is 0 Å². The van der Waals surface area contributed by atoms with E-state index in [0.717, 1.165) is 5.56 Å². The number of nitrogens with two attached hydrogens (primary N) is 2. The summed E-state index contributed by atoms with van der Waals surface area (Å²) in [4.78, 5) is 19.1. The van der Waals surface area contributed by atoms with Crippen molar-refractivity contribution in [3.63, 3.8) is 0 Å². The van der Waals surface area contributed by atoms with Crippen molar-refractivity contribution < 1.29 is 27.8 Å². The fourth-order valence-electron chi connectivity index (χ4n) is 4.14. The molecule has 7 nitrogen and oxygen atoms in total. The van der Waals surface area contributed by atoms with Crippen molar-refractivity contribution in [1.29, 1.82) is 0 Å². The number of aromatic nitrogens is 2. The lowest BCUT2D eigenvalue weighted by Crippen LogP contribution is -2.32. The standard InChI is InChI=1S/C26H25F3N4O3S/c1-14-12-37-13-19(14)17-4-2-3-5-18(17)23(26(27,28)29)36-22-11-21(32-25(31)33-22)16-8-6-15(7-9-16)10-20(30)24(34)35/h2-6,8-9,11-13,15,20,23H,7,10,30H2,1H3,(H,34,35)(H2,31,32,33)/t15?,20-,23?/m0/s1. The second-order valence-electron chi connectivity index (χ2n) is 8.74. The predicted octanol–water partition coefficient (Wildman–Crippen LogP) is 5.54. The molecule has 2 heterocycles. The largest absolute Gasteiger partial charge is 0.480 e. The second kappa shape index (κ2) is 10.7. The van der Waals surface area contributed by atoms with Crippen LogP contribution in [0.15, 0.2) is 59.3 Å². The molecular weight excluding hydrogens is 505 g/mol. The van der Waals surface area contributed by atoms with E-state index in [4.69, 9.17) is 21.3 Å². The molecule has 0 aliphatic heterocycles. The third-order valence-electron chi connectivity index (χ3n) is 6.00. The Bertz CT molecular complexity index is 1350. The molecule has 2 aromatic heterocycles. The van der Waals surface area contributed by atoms with E-state index in [9.17, 15) is 18.0 Å². The van der Waals surface area contributed by atoms with Gasteiger partial charge in [0.2, 0.25) is 17.9 Å². The zero-order chi connectivity index (χ0) is 26.7. The van der Waals surface area contributed by atoms with Gasteiger partial charge >= 0.3 is 12.1 Å². The molecule has 0 saturated heterocycles. The van der Waals surface area contributed by atoms with Crippen molar-refractivity contribution in [2.45, 2.75) is 38.1 Å². The van der Waals surface area contributed by atoms with Crippen molar-refractivity contribution in [3.8, 4) is 17.0 Å². The van der Waals surface area contributed by atoms with Gasteiger partial charge in [0.15, 0.2) is 0 Å². The molecule has 0 radical (unpaired) electrons. The topological polar surface area (TPSA) is 124 Å². The average molecular weight is 531 g/mol. The fourth-order valence-corrected chi connectivity index (χ4v) is 4.99. The SMILES string of the molecule is Cc1cscc1-c1ccccc1C(Oc1cc(C2=CCC(C[C@H](N)C(=O)O)C=C2)nc(N)n1)C(F)(F)F. The number of ether oxygens (including phenoxy) is 1. The van der Waals surface area contributed by atoms with Gasteiger partial charge in [-0.3, -0.25) is 4.79 Å². The Labute approximate surface area is 215 Å². The number of hydrogen-bond acceptors (Lipinski definition) is 7. The summed E-state index contributed by atoms with van der Waals surface area (Å²) >= 11 is 1.41. The van der Waals surface area contributed by atoms with Gasteiger partial charge in [-0.05, 0) is 58.7 Å². The van der Waals surface area contributed by atoms with Crippen LogP contribution in [0.5, 0.6) is 5.88 Å². The molecule has 5 N–H and O–H groups in total. The highest BCUT2D eigenvalue weighted by molar-refractivity contribution is 7.08. The molecule has 3 aromatic rings. The number of thiophene rings is 1. The number of alkyl halides is 3. The van der Waals surface area contributed by atoms with Gasteiger partial charge in [0.1, 0.15) is 6.04 Å². The number of rotatable bonds is 8. The van der Waals surface area contributed by atoms with Crippen LogP contribution in [0, 0.1) is 12.8 Å². The Balaban J connectivity index is 1.62. The van der Waals surface area contributed by atoms with Gasteiger partial charge in [-0.15, -0.1) is 0 Å². The number of aryl methyl sites for hydroxylation is 1. The summed E-state index contributed by atoms with van der Waals surface area (Å²) in [6.07, 6.45) is -0.958. The summed E-state index contributed by atoms with van der Waals surface area (Å²) in [5.41, 5.74) is 14.3. The van der Waals surface area contributed by atoms with Crippen LogP contribution in [-0.4, -0.2) is 33.3 Å². The number of carboxylic acid groups (broad SMARTS) is 1. The molecule has 194 valence electrons. The lowest BCUT2D eigenvalue weighted by molar-refractivity contribution is -0.198. The highest BCUT2D eigenvalue weighted by Crippen LogP contribution is 2.42. The van der Waals surface area contributed by atoms with Gasteiger partial charge in [-0.1, -0.05) is 42.5 Å². The third kappa shape index (κ3) is 6.17. The molecule has 0 amide bonds. The van der Waals surface area contributed by atoms with Crippen LogP contribution in [0.1, 0.15) is 35.8 Å². The van der Waals surface area contributed by atoms with E-state index in [1.807, 2.05) is 12.3 Å². The van der Waals surface area contributed by atoms with Crippen molar-refractivity contribution in [2.24, 2.45) is 11.7 Å². The number of halogens is 3. The van der Waals surface area contributed by atoms with Crippen LogP contribution >= 0.6 is 11.3 Å². The summed E-state index contributed by atoms with van der Waals surface area (Å²) in [7, 11) is 0. The summed E-state index contributed by atoms with van der Waals surface area (Å²) in [5.74, 6) is -1.72. The summed E-state index contributed by atoms with van der Waals surface area (Å²) in [6, 6.07) is 6.57. The van der Waals surface area contributed by atoms with Crippen LogP contribution in [0.2, 0.25) is 0 Å². The van der Waals surface area contributed by atoms with E-state index in [2.05, 4.69) is 9.97 Å². The maximum atomic E-state index is 14.3. The molecule has 2 unspecified atom stereocenters. The Morgan fingerprint density at radius 2 is 2.00 bits per heavy atom. The molecule has 0 saturated carbocycles. The monoisotopic (exact) mass is 530 g/mol. The molecule has 3 atom stereocenters. The maximum Gasteiger partial charge on any atom is 0.429 e. The van der Waals surface area contributed by atoms with E-state index >= 15 is 0 Å². The first-order valence-electron chi connectivity index (χ1n) is 11.4. The zero-order valence-corrected chi connectivity index (χ0v) is 20.6. The number of nitrogen functional groups attached to an aromatic ring is 1. The molecule has 0 fully saturated rings. The predicted molar refractivity (Wildman–Crippen MR) is 136 cm³/mol. The fraction of sp³-hybridized carbons (Fsp3) is 0.269. The Hall–Kier alpha value is -3.70. The maximum absolute atomic E-state index is 14.3. The van der Waals surface area contributed by atoms with Crippen LogP contribution in [0.25, 0.3) is 16.7 Å². The quantitative estimate of drug-likeness (QED) is 0.349.